The number of nitrogens with zero attached hydrogens (tertiary/aromatic N) is 4. The number of carbonyl (C=O) groups excluding carboxylic acids is 1. The fraction of sp³-hybridized carbons (Fsp3) is 0.591. The van der Waals surface area contributed by atoms with E-state index >= 15 is 0 Å². The van der Waals surface area contributed by atoms with Crippen LogP contribution in [0.1, 0.15) is 68.1 Å². The van der Waals surface area contributed by atoms with Crippen LogP contribution in [-0.2, 0) is 21.4 Å². The number of aromatic nitrogens is 2. The Kier molecular flexibility index (Phi) is 5.45. The van der Waals surface area contributed by atoms with E-state index in [4.69, 9.17) is 9.26 Å². The smallest absolute Gasteiger partial charge is 0.265 e. The number of fused-ring (bicyclic) bond motifs is 1. The Balaban J connectivity index is 1.44. The summed E-state index contributed by atoms with van der Waals surface area (Å²) in [5.74, 6) is 1.52. The number of sulfonamides is 1. The van der Waals surface area contributed by atoms with E-state index < -0.39 is 10.0 Å². The molecule has 0 bridgehead atoms. The summed E-state index contributed by atoms with van der Waals surface area (Å²) in [7, 11) is -2.02. The number of ether oxygens (including phenoxy) is 1. The highest BCUT2D eigenvalue weighted by Crippen LogP contribution is 2.40. The molecule has 1 aromatic heterocycles. The quantitative estimate of drug-likeness (QED) is 0.652. The van der Waals surface area contributed by atoms with Gasteiger partial charge in [0.2, 0.25) is 15.9 Å². The maximum Gasteiger partial charge on any atom is 0.265 e. The van der Waals surface area contributed by atoms with Crippen LogP contribution in [0.2, 0.25) is 0 Å². The molecule has 0 saturated heterocycles. The Morgan fingerprint density at radius 2 is 1.91 bits per heavy atom. The second-order valence-electron chi connectivity index (χ2n) is 8.99. The minimum Gasteiger partial charge on any atom is -0.482 e. The molecule has 2 heterocycles. The van der Waals surface area contributed by atoms with Crippen LogP contribution in [0.4, 0.5) is 5.69 Å². The Morgan fingerprint density at radius 1 is 1.16 bits per heavy atom. The minimum atomic E-state index is -3.68. The molecule has 0 radical (unpaired) electrons. The van der Waals surface area contributed by atoms with Gasteiger partial charge in [-0.05, 0) is 44.2 Å². The van der Waals surface area contributed by atoms with Gasteiger partial charge in [-0.25, -0.2) is 8.42 Å². The van der Waals surface area contributed by atoms with Crippen molar-refractivity contribution in [2.24, 2.45) is 0 Å². The molecule has 2 aromatic rings. The normalized spacial score (nSPS) is 19.8. The molecule has 1 aliphatic heterocycles. The molecule has 1 amide bonds. The van der Waals surface area contributed by atoms with Crippen LogP contribution in [0.3, 0.4) is 0 Å². The summed E-state index contributed by atoms with van der Waals surface area (Å²) in [5, 5.41) is 4.01. The highest BCUT2D eigenvalue weighted by atomic mass is 32.2. The number of aryl methyl sites for hydroxylation is 1. The molecule has 2 fully saturated rings. The zero-order valence-corrected chi connectivity index (χ0v) is 19.2. The average Bonchev–Trinajstić information content (AvgIpc) is 3.54. The first-order valence-electron chi connectivity index (χ1n) is 11.2. The average molecular weight is 461 g/mol. The molecule has 0 spiro atoms. The van der Waals surface area contributed by atoms with Crippen molar-refractivity contribution in [3.63, 3.8) is 0 Å². The van der Waals surface area contributed by atoms with Crippen molar-refractivity contribution in [1.29, 1.82) is 0 Å². The van der Waals surface area contributed by atoms with E-state index in [1.54, 1.807) is 26.1 Å². The molecule has 1 aromatic carbocycles. The summed E-state index contributed by atoms with van der Waals surface area (Å²) in [6, 6.07) is 3.27. The fourth-order valence-electron chi connectivity index (χ4n) is 4.55. The SMILES string of the molecule is Cc1cc2c(cc1S(=O)(=O)N(C)C1CCCCC1)OCC(=O)N2Cc1noc(C2CC2)n1. The number of hydrogen-bond donors (Lipinski definition) is 0. The molecule has 10 heteroatoms. The molecule has 9 nitrogen and oxygen atoms in total. The third kappa shape index (κ3) is 3.90. The van der Waals surface area contributed by atoms with Gasteiger partial charge in [-0.3, -0.25) is 9.69 Å². The van der Waals surface area contributed by atoms with E-state index in [-0.39, 0.29) is 30.0 Å². The van der Waals surface area contributed by atoms with Gasteiger partial charge < -0.3 is 9.26 Å². The lowest BCUT2D eigenvalue weighted by molar-refractivity contribution is -0.121. The lowest BCUT2D eigenvalue weighted by Crippen LogP contribution is -2.40. The molecule has 3 aliphatic rings. The maximum atomic E-state index is 13.4. The van der Waals surface area contributed by atoms with Gasteiger partial charge in [0.25, 0.3) is 5.91 Å². The van der Waals surface area contributed by atoms with Crippen molar-refractivity contribution in [3.05, 3.63) is 29.4 Å². The first-order chi connectivity index (χ1) is 15.3. The second-order valence-corrected chi connectivity index (χ2v) is 11.0. The standard InChI is InChI=1S/C22H28N4O5S/c1-14-10-17-18(11-19(14)32(28,29)25(2)16-6-4-3-5-7-16)30-13-21(27)26(17)12-20-23-22(31-24-20)15-8-9-15/h10-11,15-16H,3-9,12-13H2,1-2H3. The van der Waals surface area contributed by atoms with Gasteiger partial charge in [-0.15, -0.1) is 0 Å². The van der Waals surface area contributed by atoms with E-state index in [0.29, 0.717) is 34.6 Å². The summed E-state index contributed by atoms with van der Waals surface area (Å²) < 4.78 is 39.3. The van der Waals surface area contributed by atoms with Gasteiger partial charge in [0, 0.05) is 25.1 Å². The summed E-state index contributed by atoms with van der Waals surface area (Å²) in [4.78, 5) is 18.8. The first kappa shape index (κ1) is 21.4. The van der Waals surface area contributed by atoms with Crippen LogP contribution in [0, 0.1) is 6.92 Å². The lowest BCUT2D eigenvalue weighted by Gasteiger charge is -2.32. The van der Waals surface area contributed by atoms with Crippen molar-refractivity contribution in [1.82, 2.24) is 14.4 Å². The third-order valence-electron chi connectivity index (χ3n) is 6.66. The van der Waals surface area contributed by atoms with Crippen molar-refractivity contribution in [3.8, 4) is 5.75 Å². The second kappa shape index (κ2) is 8.15. The third-order valence-corrected chi connectivity index (χ3v) is 8.71. The monoisotopic (exact) mass is 460 g/mol. The van der Waals surface area contributed by atoms with E-state index in [2.05, 4.69) is 10.1 Å². The zero-order valence-electron chi connectivity index (χ0n) is 18.4. The van der Waals surface area contributed by atoms with Gasteiger partial charge in [0.15, 0.2) is 12.4 Å². The Morgan fingerprint density at radius 3 is 2.62 bits per heavy atom. The highest BCUT2D eigenvalue weighted by molar-refractivity contribution is 7.89. The van der Waals surface area contributed by atoms with Crippen molar-refractivity contribution in [2.75, 3.05) is 18.6 Å². The number of amides is 1. The summed E-state index contributed by atoms with van der Waals surface area (Å²) in [5.41, 5.74) is 1.09. The predicted molar refractivity (Wildman–Crippen MR) is 116 cm³/mol. The van der Waals surface area contributed by atoms with Gasteiger partial charge in [0.1, 0.15) is 5.75 Å². The van der Waals surface area contributed by atoms with Gasteiger partial charge in [-0.2, -0.15) is 9.29 Å². The van der Waals surface area contributed by atoms with Crippen LogP contribution < -0.4 is 9.64 Å². The first-order valence-corrected chi connectivity index (χ1v) is 12.7. The maximum absolute atomic E-state index is 13.4. The summed E-state index contributed by atoms with van der Waals surface area (Å²) >= 11 is 0. The van der Waals surface area contributed by atoms with Crippen LogP contribution >= 0.6 is 0 Å². The summed E-state index contributed by atoms with van der Waals surface area (Å²) in [6.07, 6.45) is 7.11. The van der Waals surface area contributed by atoms with Crippen molar-refractivity contribution in [2.45, 2.75) is 75.3 Å². The highest BCUT2D eigenvalue weighted by Gasteiger charge is 2.35. The predicted octanol–water partition coefficient (Wildman–Crippen LogP) is 3.13. The largest absolute Gasteiger partial charge is 0.482 e. The molecule has 172 valence electrons. The van der Waals surface area contributed by atoms with E-state index in [1.165, 1.54) is 9.21 Å². The molecule has 5 rings (SSSR count). The number of rotatable bonds is 6. The van der Waals surface area contributed by atoms with E-state index in [0.717, 1.165) is 44.9 Å². The topological polar surface area (TPSA) is 106 Å². The number of anilines is 1. The van der Waals surface area contributed by atoms with E-state index in [1.807, 2.05) is 0 Å². The minimum absolute atomic E-state index is 0.0158. The molecular weight excluding hydrogens is 432 g/mol. The Labute approximate surface area is 187 Å². The van der Waals surface area contributed by atoms with Crippen LogP contribution in [0.25, 0.3) is 0 Å². The fourth-order valence-corrected chi connectivity index (χ4v) is 6.18. The molecule has 0 unspecified atom stereocenters. The molecule has 0 atom stereocenters. The molecule has 0 N–H and O–H groups in total. The number of benzene rings is 1. The van der Waals surface area contributed by atoms with Crippen LogP contribution in [0.5, 0.6) is 5.75 Å². The molecule has 32 heavy (non-hydrogen) atoms. The van der Waals surface area contributed by atoms with Crippen molar-refractivity contribution >= 4 is 21.6 Å². The zero-order chi connectivity index (χ0) is 22.5. The number of carbonyl (C=O) groups is 1. The van der Waals surface area contributed by atoms with Crippen molar-refractivity contribution < 1.29 is 22.5 Å². The van der Waals surface area contributed by atoms with Gasteiger partial charge in [0.05, 0.1) is 17.1 Å². The van der Waals surface area contributed by atoms with Crippen LogP contribution in [0.15, 0.2) is 21.6 Å². The lowest BCUT2D eigenvalue weighted by atomic mass is 9.96. The Hall–Kier alpha value is -2.46. The molecule has 2 saturated carbocycles. The number of hydrogen-bond acceptors (Lipinski definition) is 7. The summed E-state index contributed by atoms with van der Waals surface area (Å²) in [6.45, 7) is 1.74. The Bertz CT molecular complexity index is 1140. The molecular formula is C22H28N4O5S. The van der Waals surface area contributed by atoms with E-state index in [9.17, 15) is 13.2 Å². The van der Waals surface area contributed by atoms with Gasteiger partial charge >= 0.3 is 0 Å². The van der Waals surface area contributed by atoms with Crippen LogP contribution in [-0.4, -0.2) is 48.5 Å². The van der Waals surface area contributed by atoms with Gasteiger partial charge in [-0.1, -0.05) is 24.4 Å². The molecule has 2 aliphatic carbocycles.